The molecule has 25 heavy (non-hydrogen) atoms. The summed E-state index contributed by atoms with van der Waals surface area (Å²) in [6, 6.07) is 14.8. The third kappa shape index (κ3) is 2.64. The Morgan fingerprint density at radius 3 is 2.76 bits per heavy atom. The van der Waals surface area contributed by atoms with Crippen molar-refractivity contribution in [3.8, 4) is 6.07 Å². The average Bonchev–Trinajstić information content (AvgIpc) is 3.25. The summed E-state index contributed by atoms with van der Waals surface area (Å²) in [5, 5.41) is 8.98. The quantitative estimate of drug-likeness (QED) is 0.721. The standard InChI is InChI=1S/C20H21N5/c1-14(2)25-17-7-4-3-6-16(17)23-20(25)18-8-5-11-24(18)19-10-9-15(12-21)13-22-19/h3-4,6-7,9-10,13-14,18H,5,8,11H2,1-2H3/t18-/m0/s1. The van der Waals surface area contributed by atoms with Crippen molar-refractivity contribution in [2.45, 2.75) is 38.8 Å². The van der Waals surface area contributed by atoms with Crippen LogP contribution in [0.25, 0.3) is 11.0 Å². The topological polar surface area (TPSA) is 57.7 Å². The maximum atomic E-state index is 8.98. The summed E-state index contributed by atoms with van der Waals surface area (Å²) >= 11 is 0. The Morgan fingerprint density at radius 2 is 2.04 bits per heavy atom. The zero-order chi connectivity index (χ0) is 17.4. The molecule has 0 saturated carbocycles. The van der Waals surface area contributed by atoms with Crippen molar-refractivity contribution in [2.24, 2.45) is 0 Å². The molecule has 0 amide bonds. The predicted molar refractivity (Wildman–Crippen MR) is 98.4 cm³/mol. The fourth-order valence-corrected chi connectivity index (χ4v) is 3.77. The molecule has 3 aromatic rings. The van der Waals surface area contributed by atoms with Gasteiger partial charge in [-0.05, 0) is 51.0 Å². The second kappa shape index (κ2) is 6.21. The average molecular weight is 331 g/mol. The van der Waals surface area contributed by atoms with E-state index in [0.717, 1.165) is 36.5 Å². The first kappa shape index (κ1) is 15.6. The summed E-state index contributed by atoms with van der Waals surface area (Å²) in [5.41, 5.74) is 2.83. The van der Waals surface area contributed by atoms with Crippen molar-refractivity contribution in [1.29, 1.82) is 5.26 Å². The van der Waals surface area contributed by atoms with E-state index in [0.29, 0.717) is 11.6 Å². The number of pyridine rings is 1. The van der Waals surface area contributed by atoms with E-state index in [-0.39, 0.29) is 6.04 Å². The Kier molecular flexibility index (Phi) is 3.89. The fourth-order valence-electron chi connectivity index (χ4n) is 3.77. The lowest BCUT2D eigenvalue weighted by atomic mass is 10.2. The Bertz CT molecular complexity index is 933. The van der Waals surface area contributed by atoms with Gasteiger partial charge in [-0.2, -0.15) is 5.26 Å². The lowest BCUT2D eigenvalue weighted by molar-refractivity contribution is 0.539. The van der Waals surface area contributed by atoms with Crippen LogP contribution in [0.15, 0.2) is 42.6 Å². The zero-order valence-electron chi connectivity index (χ0n) is 14.6. The molecule has 1 atom stereocenters. The number of imidazole rings is 1. The molecule has 0 radical (unpaired) electrons. The van der Waals surface area contributed by atoms with Crippen molar-refractivity contribution < 1.29 is 0 Å². The summed E-state index contributed by atoms with van der Waals surface area (Å²) in [5.74, 6) is 2.03. The van der Waals surface area contributed by atoms with Gasteiger partial charge in [0, 0.05) is 18.8 Å². The molecule has 1 aliphatic rings. The summed E-state index contributed by atoms with van der Waals surface area (Å²) in [6.07, 6.45) is 3.83. The molecule has 2 aromatic heterocycles. The normalized spacial score (nSPS) is 17.4. The number of benzene rings is 1. The van der Waals surface area contributed by atoms with Crippen LogP contribution in [-0.4, -0.2) is 21.1 Å². The molecular formula is C20H21N5. The van der Waals surface area contributed by atoms with Crippen molar-refractivity contribution in [1.82, 2.24) is 14.5 Å². The zero-order valence-corrected chi connectivity index (χ0v) is 14.6. The Morgan fingerprint density at radius 1 is 1.20 bits per heavy atom. The van der Waals surface area contributed by atoms with Gasteiger partial charge >= 0.3 is 0 Å². The molecule has 1 aliphatic heterocycles. The maximum Gasteiger partial charge on any atom is 0.132 e. The molecule has 0 aliphatic carbocycles. The Balaban J connectivity index is 1.79. The van der Waals surface area contributed by atoms with Crippen LogP contribution in [0.2, 0.25) is 0 Å². The van der Waals surface area contributed by atoms with Gasteiger partial charge in [-0.25, -0.2) is 9.97 Å². The monoisotopic (exact) mass is 331 g/mol. The smallest absolute Gasteiger partial charge is 0.132 e. The SMILES string of the molecule is CC(C)n1c([C@@H]2CCCN2c2ccc(C#N)cn2)nc2ccccc21. The van der Waals surface area contributed by atoms with Crippen LogP contribution in [0.5, 0.6) is 0 Å². The number of nitriles is 1. The fraction of sp³-hybridized carbons (Fsp3) is 0.350. The summed E-state index contributed by atoms with van der Waals surface area (Å²) in [7, 11) is 0. The molecule has 0 unspecified atom stereocenters. The summed E-state index contributed by atoms with van der Waals surface area (Å²) in [4.78, 5) is 11.8. The van der Waals surface area contributed by atoms with Gasteiger partial charge in [-0.15, -0.1) is 0 Å². The van der Waals surface area contributed by atoms with Crippen LogP contribution < -0.4 is 4.90 Å². The van der Waals surface area contributed by atoms with E-state index in [1.807, 2.05) is 18.2 Å². The first-order chi connectivity index (χ1) is 12.2. The molecule has 126 valence electrons. The molecule has 1 fully saturated rings. The number of aromatic nitrogens is 3. The highest BCUT2D eigenvalue weighted by atomic mass is 15.3. The van der Waals surface area contributed by atoms with Gasteiger partial charge in [0.15, 0.2) is 0 Å². The summed E-state index contributed by atoms with van der Waals surface area (Å²) < 4.78 is 2.35. The van der Waals surface area contributed by atoms with Crippen molar-refractivity contribution in [3.63, 3.8) is 0 Å². The molecule has 0 bridgehead atoms. The molecule has 5 nitrogen and oxygen atoms in total. The van der Waals surface area contributed by atoms with Gasteiger partial charge in [0.2, 0.25) is 0 Å². The van der Waals surface area contributed by atoms with Gasteiger partial charge in [0.25, 0.3) is 0 Å². The van der Waals surface area contributed by atoms with E-state index in [2.05, 4.69) is 52.6 Å². The van der Waals surface area contributed by atoms with Gasteiger partial charge < -0.3 is 9.47 Å². The number of para-hydroxylation sites is 2. The van der Waals surface area contributed by atoms with Gasteiger partial charge in [0.1, 0.15) is 17.7 Å². The molecule has 5 heteroatoms. The number of nitrogens with zero attached hydrogens (tertiary/aromatic N) is 5. The molecule has 1 saturated heterocycles. The highest BCUT2D eigenvalue weighted by molar-refractivity contribution is 5.76. The molecule has 3 heterocycles. The van der Waals surface area contributed by atoms with Crippen molar-refractivity contribution in [2.75, 3.05) is 11.4 Å². The number of fused-ring (bicyclic) bond motifs is 1. The second-order valence-electron chi connectivity index (χ2n) is 6.79. The highest BCUT2D eigenvalue weighted by Gasteiger charge is 2.32. The van der Waals surface area contributed by atoms with E-state index in [9.17, 15) is 0 Å². The third-order valence-electron chi connectivity index (χ3n) is 4.86. The molecule has 1 aromatic carbocycles. The third-order valence-corrected chi connectivity index (χ3v) is 4.86. The van der Waals surface area contributed by atoms with E-state index in [4.69, 9.17) is 10.2 Å². The van der Waals surface area contributed by atoms with Crippen LogP contribution in [0.3, 0.4) is 0 Å². The minimum Gasteiger partial charge on any atom is -0.346 e. The van der Waals surface area contributed by atoms with Crippen LogP contribution in [0, 0.1) is 11.3 Å². The number of hydrogen-bond acceptors (Lipinski definition) is 4. The van der Waals surface area contributed by atoms with Crippen molar-refractivity contribution >= 4 is 16.9 Å². The lowest BCUT2D eigenvalue weighted by Gasteiger charge is -2.27. The van der Waals surface area contributed by atoms with Gasteiger partial charge in [-0.3, -0.25) is 0 Å². The minimum atomic E-state index is 0.218. The minimum absolute atomic E-state index is 0.218. The molecular weight excluding hydrogens is 310 g/mol. The molecule has 0 N–H and O–H groups in total. The number of rotatable bonds is 3. The van der Waals surface area contributed by atoms with Crippen LogP contribution >= 0.6 is 0 Å². The van der Waals surface area contributed by atoms with E-state index < -0.39 is 0 Å². The van der Waals surface area contributed by atoms with E-state index >= 15 is 0 Å². The Labute approximate surface area is 147 Å². The van der Waals surface area contributed by atoms with E-state index in [1.54, 1.807) is 6.20 Å². The largest absolute Gasteiger partial charge is 0.346 e. The van der Waals surface area contributed by atoms with Crippen LogP contribution in [-0.2, 0) is 0 Å². The second-order valence-corrected chi connectivity index (χ2v) is 6.79. The predicted octanol–water partition coefficient (Wildman–Crippen LogP) is 4.23. The van der Waals surface area contributed by atoms with E-state index in [1.165, 1.54) is 5.52 Å². The lowest BCUT2D eigenvalue weighted by Crippen LogP contribution is -2.26. The van der Waals surface area contributed by atoms with Gasteiger partial charge in [-0.1, -0.05) is 12.1 Å². The van der Waals surface area contributed by atoms with Crippen LogP contribution in [0.1, 0.15) is 50.2 Å². The first-order valence-electron chi connectivity index (χ1n) is 8.78. The number of anilines is 1. The van der Waals surface area contributed by atoms with Crippen molar-refractivity contribution in [3.05, 3.63) is 54.0 Å². The molecule has 0 spiro atoms. The highest BCUT2D eigenvalue weighted by Crippen LogP contribution is 2.37. The summed E-state index contributed by atoms with van der Waals surface area (Å²) in [6.45, 7) is 5.37. The molecule has 4 rings (SSSR count). The van der Waals surface area contributed by atoms with Crippen LogP contribution in [0.4, 0.5) is 5.82 Å². The first-order valence-corrected chi connectivity index (χ1v) is 8.78. The maximum absolute atomic E-state index is 8.98. The number of hydrogen-bond donors (Lipinski definition) is 0. The van der Waals surface area contributed by atoms with Gasteiger partial charge in [0.05, 0.1) is 22.6 Å². The Hall–Kier alpha value is -2.87.